The van der Waals surface area contributed by atoms with Crippen LogP contribution in [0, 0.1) is 13.8 Å². The molecule has 7 nitrogen and oxygen atoms in total. The summed E-state index contributed by atoms with van der Waals surface area (Å²) in [6.45, 7) is 3.97. The minimum atomic E-state index is -0.566. The second-order valence-electron chi connectivity index (χ2n) is 6.38. The van der Waals surface area contributed by atoms with Crippen molar-refractivity contribution in [3.8, 4) is 0 Å². The van der Waals surface area contributed by atoms with E-state index in [4.69, 9.17) is 4.74 Å². The van der Waals surface area contributed by atoms with E-state index in [0.29, 0.717) is 17.0 Å². The highest BCUT2D eigenvalue weighted by molar-refractivity contribution is 7.99. The summed E-state index contributed by atoms with van der Waals surface area (Å²) < 4.78 is 6.90. The fourth-order valence-electron chi connectivity index (χ4n) is 3.09. The molecule has 2 N–H and O–H groups in total. The van der Waals surface area contributed by atoms with Gasteiger partial charge in [-0.1, -0.05) is 35.5 Å². The van der Waals surface area contributed by atoms with Crippen LogP contribution < -0.4 is 10.6 Å². The Bertz CT molecular complexity index is 919. The number of hydrogen-bond donors (Lipinski definition) is 2. The number of carbonyl (C=O) groups excluding carboxylic acids is 2. The number of esters is 1. The molecule has 142 valence electrons. The number of carbonyl (C=O) groups is 2. The summed E-state index contributed by atoms with van der Waals surface area (Å²) in [6.07, 6.45) is 3.55. The Labute approximate surface area is 162 Å². The van der Waals surface area contributed by atoms with Gasteiger partial charge in [-0.2, -0.15) is 0 Å². The average molecular weight is 386 g/mol. The van der Waals surface area contributed by atoms with E-state index >= 15 is 0 Å². The van der Waals surface area contributed by atoms with Crippen LogP contribution in [0.2, 0.25) is 0 Å². The average Bonchev–Trinajstić information content (AvgIpc) is 3.03. The minimum absolute atomic E-state index is 0.344. The maximum Gasteiger partial charge on any atom is 0.338 e. The van der Waals surface area contributed by atoms with Crippen molar-refractivity contribution in [3.05, 3.63) is 58.6 Å². The molecule has 0 fully saturated rings. The van der Waals surface area contributed by atoms with Crippen molar-refractivity contribution in [2.24, 2.45) is 7.05 Å². The Morgan fingerprint density at radius 1 is 1.37 bits per heavy atom. The van der Waals surface area contributed by atoms with Crippen LogP contribution in [0.1, 0.15) is 22.7 Å². The number of aryl methyl sites for hydroxylation is 3. The van der Waals surface area contributed by atoms with Crippen LogP contribution in [-0.2, 0) is 16.6 Å². The third-order valence-corrected chi connectivity index (χ3v) is 5.50. The van der Waals surface area contributed by atoms with Gasteiger partial charge in [-0.15, -0.1) is 0 Å². The number of aromatic nitrogens is 2. The van der Waals surface area contributed by atoms with Crippen molar-refractivity contribution in [2.45, 2.75) is 25.0 Å². The van der Waals surface area contributed by atoms with Crippen LogP contribution in [0.5, 0.6) is 0 Å². The highest BCUT2D eigenvalue weighted by atomic mass is 32.2. The number of nitrogens with one attached hydrogen (secondary N) is 2. The number of methoxy groups -OCH3 is 1. The predicted octanol–water partition coefficient (Wildman–Crippen LogP) is 2.61. The zero-order valence-corrected chi connectivity index (χ0v) is 16.5. The predicted molar refractivity (Wildman–Crippen MR) is 103 cm³/mol. The molecule has 1 aromatic heterocycles. The van der Waals surface area contributed by atoms with Crippen molar-refractivity contribution < 1.29 is 14.3 Å². The van der Waals surface area contributed by atoms with Gasteiger partial charge in [0.25, 0.3) is 0 Å². The van der Waals surface area contributed by atoms with Crippen LogP contribution in [-0.4, -0.2) is 34.4 Å². The maximum absolute atomic E-state index is 12.6. The number of ether oxygens (including phenoxy) is 1. The quantitative estimate of drug-likeness (QED) is 0.609. The molecule has 0 spiro atoms. The lowest BCUT2D eigenvalue weighted by Crippen LogP contribution is -2.46. The zero-order valence-electron chi connectivity index (χ0n) is 15.7. The van der Waals surface area contributed by atoms with E-state index in [1.807, 2.05) is 49.9 Å². The molecule has 0 bridgehead atoms. The molecule has 0 saturated carbocycles. The van der Waals surface area contributed by atoms with Gasteiger partial charge in [-0.3, -0.25) is 0 Å². The van der Waals surface area contributed by atoms with E-state index in [-0.39, 0.29) is 6.03 Å². The van der Waals surface area contributed by atoms with Gasteiger partial charge in [-0.25, -0.2) is 14.6 Å². The Hall–Kier alpha value is -2.74. The lowest BCUT2D eigenvalue weighted by atomic mass is 9.91. The van der Waals surface area contributed by atoms with Gasteiger partial charge < -0.3 is 19.9 Å². The van der Waals surface area contributed by atoms with Gasteiger partial charge in [0.05, 0.1) is 18.7 Å². The second kappa shape index (κ2) is 7.87. The van der Waals surface area contributed by atoms with E-state index in [1.54, 1.807) is 6.20 Å². The monoisotopic (exact) mass is 386 g/mol. The number of imidazole rings is 1. The largest absolute Gasteiger partial charge is 0.466 e. The first-order valence-electron chi connectivity index (χ1n) is 8.47. The molecular formula is C19H22N4O3S. The number of hydrogen-bond acceptors (Lipinski definition) is 5. The van der Waals surface area contributed by atoms with Crippen LogP contribution in [0.15, 0.2) is 47.0 Å². The molecule has 1 aliphatic heterocycles. The van der Waals surface area contributed by atoms with Crippen molar-refractivity contribution in [3.63, 3.8) is 0 Å². The lowest BCUT2D eigenvalue weighted by Gasteiger charge is -2.30. The molecular weight excluding hydrogens is 364 g/mol. The first-order valence-corrected chi connectivity index (χ1v) is 9.45. The number of urea groups is 1. The van der Waals surface area contributed by atoms with E-state index in [1.165, 1.54) is 18.9 Å². The van der Waals surface area contributed by atoms with Crippen molar-refractivity contribution >= 4 is 23.8 Å². The standard InChI is InChI=1S/C19H22N4O3S/c1-11-5-6-13(12(2)9-11)16-15(17(24)26-4)14(21-18(25)22-16)10-27-19-20-7-8-23(19)3/h5-9,16H,10H2,1-4H3,(H2,21,22,25)/t16-/m1/s1. The van der Waals surface area contributed by atoms with Crippen molar-refractivity contribution in [1.29, 1.82) is 0 Å². The third kappa shape index (κ3) is 4.00. The fraction of sp³-hybridized carbons (Fsp3) is 0.316. The molecule has 8 heteroatoms. The molecule has 0 radical (unpaired) electrons. The summed E-state index contributed by atoms with van der Waals surface area (Å²) in [6, 6.07) is 5.02. The topological polar surface area (TPSA) is 85.2 Å². The Morgan fingerprint density at radius 2 is 2.15 bits per heavy atom. The number of rotatable bonds is 5. The second-order valence-corrected chi connectivity index (χ2v) is 7.33. The normalized spacial score (nSPS) is 16.7. The number of thioether (sulfide) groups is 1. The van der Waals surface area contributed by atoms with Gasteiger partial charge in [0.15, 0.2) is 5.16 Å². The molecule has 0 aliphatic carbocycles. The van der Waals surface area contributed by atoms with Gasteiger partial charge in [-0.05, 0) is 25.0 Å². The summed E-state index contributed by atoms with van der Waals surface area (Å²) in [5.74, 6) is -0.0766. The van der Waals surface area contributed by atoms with Crippen LogP contribution in [0.3, 0.4) is 0 Å². The number of amides is 2. The SMILES string of the molecule is COC(=O)C1=C(CSc2nccn2C)NC(=O)N[C@@H]1c1ccc(C)cc1C. The summed E-state index contributed by atoms with van der Waals surface area (Å²) in [5, 5.41) is 6.41. The first kappa shape index (κ1) is 19.0. The van der Waals surface area contributed by atoms with E-state index in [2.05, 4.69) is 15.6 Å². The molecule has 1 aromatic carbocycles. The first-order chi connectivity index (χ1) is 12.9. The van der Waals surface area contributed by atoms with Gasteiger partial charge in [0, 0.05) is 30.9 Å². The van der Waals surface area contributed by atoms with Crippen LogP contribution >= 0.6 is 11.8 Å². The lowest BCUT2D eigenvalue weighted by molar-refractivity contribution is -0.136. The molecule has 0 unspecified atom stereocenters. The van der Waals surface area contributed by atoms with Crippen LogP contribution in [0.25, 0.3) is 0 Å². The summed E-state index contributed by atoms with van der Waals surface area (Å²) in [5.41, 5.74) is 3.93. The van der Waals surface area contributed by atoms with Crippen LogP contribution in [0.4, 0.5) is 4.79 Å². The number of benzene rings is 1. The molecule has 2 heterocycles. The van der Waals surface area contributed by atoms with Gasteiger partial charge in [0.1, 0.15) is 0 Å². The van der Waals surface area contributed by atoms with E-state index < -0.39 is 12.0 Å². The Morgan fingerprint density at radius 3 is 2.78 bits per heavy atom. The zero-order chi connectivity index (χ0) is 19.6. The molecule has 3 rings (SSSR count). The Kier molecular flexibility index (Phi) is 5.55. The maximum atomic E-state index is 12.6. The minimum Gasteiger partial charge on any atom is -0.466 e. The molecule has 2 amide bonds. The summed E-state index contributed by atoms with van der Waals surface area (Å²) in [4.78, 5) is 29.1. The number of nitrogens with zero attached hydrogens (tertiary/aromatic N) is 2. The molecule has 2 aromatic rings. The van der Waals surface area contributed by atoms with E-state index in [9.17, 15) is 9.59 Å². The van der Waals surface area contributed by atoms with Gasteiger partial charge in [0.2, 0.25) is 0 Å². The fourth-order valence-corrected chi connectivity index (χ4v) is 3.99. The highest BCUT2D eigenvalue weighted by Crippen LogP contribution is 2.32. The summed E-state index contributed by atoms with van der Waals surface area (Å²) in [7, 11) is 3.23. The summed E-state index contributed by atoms with van der Waals surface area (Å²) >= 11 is 1.44. The smallest absolute Gasteiger partial charge is 0.338 e. The van der Waals surface area contributed by atoms with Gasteiger partial charge >= 0.3 is 12.0 Å². The van der Waals surface area contributed by atoms with Crippen molar-refractivity contribution in [2.75, 3.05) is 12.9 Å². The third-order valence-electron chi connectivity index (χ3n) is 4.42. The van der Waals surface area contributed by atoms with Crippen molar-refractivity contribution in [1.82, 2.24) is 20.2 Å². The van der Waals surface area contributed by atoms with E-state index in [0.717, 1.165) is 21.8 Å². The highest BCUT2D eigenvalue weighted by Gasteiger charge is 2.34. The molecule has 1 aliphatic rings. The Balaban J connectivity index is 2.01. The molecule has 0 saturated heterocycles. The molecule has 1 atom stereocenters. The molecule has 27 heavy (non-hydrogen) atoms.